The van der Waals surface area contributed by atoms with Gasteiger partial charge in [-0.2, -0.15) is 0 Å². The van der Waals surface area contributed by atoms with Crippen LogP contribution < -0.4 is 0 Å². The van der Waals surface area contributed by atoms with Gasteiger partial charge in [0.1, 0.15) is 36.3 Å². The zero-order valence-electron chi connectivity index (χ0n) is 38.8. The van der Waals surface area contributed by atoms with E-state index in [4.69, 9.17) is 52.1 Å². The molecule has 0 spiro atoms. The van der Waals surface area contributed by atoms with E-state index in [1.54, 1.807) is 30.3 Å². The molecule has 0 radical (unpaired) electrons. The van der Waals surface area contributed by atoms with Crippen LogP contribution in [-0.2, 0) is 92.9 Å². The molecule has 5 aromatic carbocycles. The Labute approximate surface area is 401 Å². The topological polar surface area (TPSA) is 170 Å². The average Bonchev–Trinajstić information content (AvgIpc) is 3.39. The maximum Gasteiger partial charge on any atom is 0.338 e. The van der Waals surface area contributed by atoms with Gasteiger partial charge in [-0.15, -0.1) is 0 Å². The van der Waals surface area contributed by atoms with Crippen LogP contribution in [0.2, 0.25) is 0 Å². The summed E-state index contributed by atoms with van der Waals surface area (Å²) >= 11 is 0. The molecule has 7 rings (SSSR count). The Kier molecular flexibility index (Phi) is 19.1. The molecule has 2 saturated heterocycles. The summed E-state index contributed by atoms with van der Waals surface area (Å²) in [6.07, 6.45) is -12.7. The van der Waals surface area contributed by atoms with Crippen molar-refractivity contribution in [3.63, 3.8) is 0 Å². The van der Waals surface area contributed by atoms with E-state index in [0.717, 1.165) is 22.3 Å². The van der Waals surface area contributed by atoms with Gasteiger partial charge in [0.25, 0.3) is 0 Å². The van der Waals surface area contributed by atoms with Crippen LogP contribution in [0.4, 0.5) is 0 Å². The summed E-state index contributed by atoms with van der Waals surface area (Å²) in [5, 5.41) is 0. The lowest BCUT2D eigenvalue weighted by molar-refractivity contribution is -0.341. The fourth-order valence-electron chi connectivity index (χ4n) is 7.97. The number of esters is 3. The van der Waals surface area contributed by atoms with Crippen molar-refractivity contribution in [1.29, 1.82) is 0 Å². The van der Waals surface area contributed by atoms with E-state index in [1.807, 2.05) is 121 Å². The van der Waals surface area contributed by atoms with Crippen molar-refractivity contribution >= 4 is 23.7 Å². The molecular weight excluding hydrogens is 889 g/mol. The predicted octanol–water partition coefficient (Wildman–Crippen LogP) is 7.12. The second kappa shape index (κ2) is 26.0. The lowest BCUT2D eigenvalue weighted by Gasteiger charge is -2.47. The van der Waals surface area contributed by atoms with Gasteiger partial charge in [-0.25, -0.2) is 9.59 Å². The van der Waals surface area contributed by atoms with E-state index >= 15 is 0 Å². The molecule has 5 aromatic rings. The van der Waals surface area contributed by atoms with E-state index in [9.17, 15) is 19.2 Å². The maximum absolute atomic E-state index is 14.0. The van der Waals surface area contributed by atoms with E-state index in [2.05, 4.69) is 0 Å². The lowest BCUT2D eigenvalue weighted by atomic mass is 9.96. The minimum atomic E-state index is -1.63. The van der Waals surface area contributed by atoms with Crippen LogP contribution >= 0.6 is 0 Å². The van der Waals surface area contributed by atoms with Gasteiger partial charge in [-0.3, -0.25) is 4.79 Å². The van der Waals surface area contributed by atoms with Gasteiger partial charge in [0.05, 0.1) is 52.1 Å². The molecule has 69 heavy (non-hydrogen) atoms. The van der Waals surface area contributed by atoms with Gasteiger partial charge in [0.2, 0.25) is 0 Å². The molecule has 2 aliphatic rings. The highest BCUT2D eigenvalue weighted by Crippen LogP contribution is 2.35. The zero-order chi connectivity index (χ0) is 48.4. The van der Waals surface area contributed by atoms with Gasteiger partial charge in [0, 0.05) is 13.5 Å². The maximum atomic E-state index is 14.0. The summed E-state index contributed by atoms with van der Waals surface area (Å²) in [6.45, 7) is 1.46. The molecule has 15 heteroatoms. The van der Waals surface area contributed by atoms with Crippen molar-refractivity contribution < 1.29 is 71.3 Å². The number of Topliss-reactive ketones (excluding diaryl/α,β-unsaturated/α-hetero) is 1. The number of ketones is 1. The largest absolute Gasteiger partial charge is 0.467 e. The van der Waals surface area contributed by atoms with Crippen LogP contribution in [0.25, 0.3) is 0 Å². The molecule has 0 amide bonds. The lowest BCUT2D eigenvalue weighted by Crippen LogP contribution is -2.65. The molecule has 0 aliphatic carbocycles. The highest BCUT2D eigenvalue weighted by Gasteiger charge is 2.56. The Balaban J connectivity index is 1.25. The number of hydrogen-bond acceptors (Lipinski definition) is 15. The second-order valence-electron chi connectivity index (χ2n) is 16.5. The first-order valence-electron chi connectivity index (χ1n) is 22.8. The Bertz CT molecular complexity index is 2340. The summed E-state index contributed by atoms with van der Waals surface area (Å²) in [6, 6.07) is 46.1. The van der Waals surface area contributed by atoms with E-state index in [-0.39, 0.29) is 57.2 Å². The minimum Gasteiger partial charge on any atom is -0.467 e. The van der Waals surface area contributed by atoms with Gasteiger partial charge in [-0.1, -0.05) is 140 Å². The van der Waals surface area contributed by atoms with Crippen LogP contribution in [0.15, 0.2) is 152 Å². The van der Waals surface area contributed by atoms with Crippen LogP contribution in [0, 0.1) is 0 Å². The van der Waals surface area contributed by atoms with Crippen molar-refractivity contribution in [3.8, 4) is 0 Å². The predicted molar refractivity (Wildman–Crippen MR) is 248 cm³/mol. The quantitative estimate of drug-likeness (QED) is 0.0479. The van der Waals surface area contributed by atoms with Gasteiger partial charge >= 0.3 is 17.9 Å². The van der Waals surface area contributed by atoms with Gasteiger partial charge < -0.3 is 56.9 Å². The Morgan fingerprint density at radius 3 is 1.41 bits per heavy atom. The normalized spacial score (nSPS) is 24.4. The van der Waals surface area contributed by atoms with Gasteiger partial charge in [0.15, 0.2) is 30.9 Å². The third-order valence-electron chi connectivity index (χ3n) is 11.5. The van der Waals surface area contributed by atoms with E-state index in [1.165, 1.54) is 21.1 Å². The van der Waals surface area contributed by atoms with Crippen molar-refractivity contribution in [3.05, 3.63) is 179 Å². The number of methoxy groups -OCH3 is 2. The monoisotopic (exact) mass is 946 g/mol. The summed E-state index contributed by atoms with van der Waals surface area (Å²) < 4.78 is 69.6. The second-order valence-corrected chi connectivity index (χ2v) is 16.5. The van der Waals surface area contributed by atoms with E-state index in [0.29, 0.717) is 0 Å². The minimum absolute atomic E-state index is 0.0681. The van der Waals surface area contributed by atoms with Crippen LogP contribution in [0.5, 0.6) is 0 Å². The van der Waals surface area contributed by atoms with Crippen LogP contribution in [0.3, 0.4) is 0 Å². The van der Waals surface area contributed by atoms with Crippen molar-refractivity contribution in [2.45, 2.75) is 108 Å². The van der Waals surface area contributed by atoms with Crippen LogP contribution in [-0.4, -0.2) is 106 Å². The van der Waals surface area contributed by atoms with Crippen molar-refractivity contribution in [2.75, 3.05) is 20.8 Å². The number of benzene rings is 5. The van der Waals surface area contributed by atoms with Crippen molar-refractivity contribution in [1.82, 2.24) is 0 Å². The highest BCUT2D eigenvalue weighted by molar-refractivity contribution is 5.89. The Morgan fingerprint density at radius 1 is 0.464 bits per heavy atom. The standard InChI is InChI=1S/C54H58O15/c1-36(55)29-30-43(56)67-47-46(63-33-39-23-13-6-14-24-39)48(52(58)59-2)69-54(50(47)68-51(57)41-27-17-8-18-28-41)65-35-42-44(61-31-37-19-9-4-10-20-37)45(62-32-38-21-11-5-12-22-38)49(53(60-3)66-42)64-34-40-25-15-7-16-26-40/h4-28,42,44-50,53-54H,29-35H2,1-3H3/t42-,44-,45+,46+,47+,48+,49-,50-,53+,54-/m1/s1. The number of rotatable bonds is 23. The Morgan fingerprint density at radius 2 is 0.928 bits per heavy atom. The number of carbonyl (C=O) groups excluding carboxylic acids is 4. The van der Waals surface area contributed by atoms with Gasteiger partial charge in [-0.05, 0) is 41.3 Å². The third-order valence-corrected chi connectivity index (χ3v) is 11.5. The SMILES string of the molecule is COC(=O)[C@H]1O[C@@H](OC[C@H]2O[C@H](OC)[C@H](OCc3ccccc3)[C@@H](OCc3ccccc3)[C@@H]2OCc2ccccc2)[C@H](OC(=O)c2ccccc2)[C@@H](OC(=O)CCC(C)=O)[C@@H]1OCc1ccccc1. The zero-order valence-corrected chi connectivity index (χ0v) is 38.8. The van der Waals surface area contributed by atoms with E-state index < -0.39 is 79.3 Å². The molecular formula is C54H58O15. The molecule has 2 fully saturated rings. The highest BCUT2D eigenvalue weighted by atomic mass is 16.8. The first-order chi connectivity index (χ1) is 33.7. The Hall–Kier alpha value is -6.14. The molecule has 364 valence electrons. The molecule has 10 atom stereocenters. The molecule has 0 N–H and O–H groups in total. The fraction of sp³-hybridized carbons (Fsp3) is 0.370. The number of carbonyl (C=O) groups is 4. The molecule has 0 aromatic heterocycles. The fourth-order valence-corrected chi connectivity index (χ4v) is 7.97. The molecule has 0 bridgehead atoms. The number of hydrogen-bond donors (Lipinski definition) is 0. The third kappa shape index (κ3) is 14.4. The average molecular weight is 947 g/mol. The molecule has 0 saturated carbocycles. The first kappa shape index (κ1) is 50.7. The smallest absolute Gasteiger partial charge is 0.338 e. The molecule has 2 heterocycles. The molecule has 15 nitrogen and oxygen atoms in total. The van der Waals surface area contributed by atoms with Crippen LogP contribution in [0.1, 0.15) is 52.4 Å². The molecule has 2 aliphatic heterocycles. The number of ether oxygens (including phenoxy) is 11. The summed E-state index contributed by atoms with van der Waals surface area (Å²) in [5.74, 6) is -2.77. The summed E-state index contributed by atoms with van der Waals surface area (Å²) in [4.78, 5) is 53.4. The molecule has 0 unspecified atom stereocenters. The van der Waals surface area contributed by atoms with Crippen molar-refractivity contribution in [2.24, 2.45) is 0 Å². The summed E-state index contributed by atoms with van der Waals surface area (Å²) in [7, 11) is 2.66. The summed E-state index contributed by atoms with van der Waals surface area (Å²) in [5.41, 5.74) is 3.57. The first-order valence-corrected chi connectivity index (χ1v) is 22.8.